The van der Waals surface area contributed by atoms with Gasteiger partial charge in [0.2, 0.25) is 0 Å². The molecule has 1 aromatic rings. The third kappa shape index (κ3) is 3.11. The summed E-state index contributed by atoms with van der Waals surface area (Å²) in [5, 5.41) is 17.5. The van der Waals surface area contributed by atoms with Crippen LogP contribution in [0.15, 0.2) is 6.20 Å². The zero-order chi connectivity index (χ0) is 10.6. The number of nitrogens with one attached hydrogen (secondary N) is 1. The smallest absolute Gasteiger partial charge is 0.358 e. The van der Waals surface area contributed by atoms with Crippen LogP contribution in [0.3, 0.4) is 0 Å². The number of nitrogens with zero attached hydrogens (tertiary/aromatic N) is 4. The molecular weight excluding hydrogens is 186 g/mol. The van der Waals surface area contributed by atoms with Gasteiger partial charge in [-0.25, -0.2) is 4.79 Å². The molecule has 0 aliphatic heterocycles. The molecule has 0 atom stereocenters. The molecule has 78 valence electrons. The van der Waals surface area contributed by atoms with Crippen LogP contribution in [0.5, 0.6) is 0 Å². The van der Waals surface area contributed by atoms with Gasteiger partial charge in [0.25, 0.3) is 0 Å². The van der Waals surface area contributed by atoms with Crippen LogP contribution in [0.2, 0.25) is 0 Å². The molecule has 7 nitrogen and oxygen atoms in total. The molecule has 0 bridgehead atoms. The number of rotatable bonds is 5. The molecule has 0 aliphatic rings. The highest BCUT2D eigenvalue weighted by Gasteiger charge is 2.07. The summed E-state index contributed by atoms with van der Waals surface area (Å²) in [7, 11) is 3.76. The lowest BCUT2D eigenvalue weighted by molar-refractivity contribution is 0.0690. The molecule has 1 heterocycles. The van der Waals surface area contributed by atoms with E-state index in [0.29, 0.717) is 13.1 Å². The van der Waals surface area contributed by atoms with Crippen LogP contribution in [-0.4, -0.2) is 51.7 Å². The van der Waals surface area contributed by atoms with Crippen molar-refractivity contribution in [1.82, 2.24) is 25.4 Å². The van der Waals surface area contributed by atoms with Crippen molar-refractivity contribution in [3.8, 4) is 0 Å². The molecule has 0 unspecified atom stereocenters. The number of aromatic nitrogens is 3. The minimum Gasteiger partial charge on any atom is -0.476 e. The second-order valence-corrected chi connectivity index (χ2v) is 2.97. The SMILES string of the molecule is CN(C)NCCn1cc(C(=O)O)nn1. The standard InChI is InChI=1S/C7H13N5O2/c1-11(2)8-3-4-12-5-6(7(13)14)9-10-12/h5,8H,3-4H2,1-2H3,(H,13,14). The van der Waals surface area contributed by atoms with Crippen LogP contribution in [0.1, 0.15) is 10.5 Å². The number of carbonyl (C=O) groups is 1. The lowest BCUT2D eigenvalue weighted by Gasteiger charge is -2.10. The third-order valence-electron chi connectivity index (χ3n) is 1.53. The van der Waals surface area contributed by atoms with Crippen molar-refractivity contribution in [1.29, 1.82) is 0 Å². The van der Waals surface area contributed by atoms with Gasteiger partial charge < -0.3 is 5.11 Å². The second-order valence-electron chi connectivity index (χ2n) is 2.97. The van der Waals surface area contributed by atoms with Crippen molar-refractivity contribution in [3.63, 3.8) is 0 Å². The van der Waals surface area contributed by atoms with E-state index < -0.39 is 5.97 Å². The molecule has 0 spiro atoms. The van der Waals surface area contributed by atoms with Gasteiger partial charge in [-0.3, -0.25) is 15.1 Å². The first kappa shape index (κ1) is 10.6. The van der Waals surface area contributed by atoms with Crippen LogP contribution in [0.4, 0.5) is 0 Å². The molecule has 0 aliphatic carbocycles. The van der Waals surface area contributed by atoms with E-state index in [1.54, 1.807) is 0 Å². The summed E-state index contributed by atoms with van der Waals surface area (Å²) in [5.41, 5.74) is 3.00. The highest BCUT2D eigenvalue weighted by molar-refractivity contribution is 5.84. The molecule has 1 aromatic heterocycles. The predicted molar refractivity (Wildman–Crippen MR) is 48.7 cm³/mol. The summed E-state index contributed by atoms with van der Waals surface area (Å²) in [6.45, 7) is 1.26. The van der Waals surface area contributed by atoms with Crippen LogP contribution in [0.25, 0.3) is 0 Å². The first-order valence-corrected chi connectivity index (χ1v) is 4.14. The van der Waals surface area contributed by atoms with E-state index in [4.69, 9.17) is 5.11 Å². The lowest BCUT2D eigenvalue weighted by atomic mass is 10.5. The van der Waals surface area contributed by atoms with Gasteiger partial charge in [-0.2, -0.15) is 0 Å². The molecule has 1 rings (SSSR count). The van der Waals surface area contributed by atoms with Crippen LogP contribution >= 0.6 is 0 Å². The summed E-state index contributed by atoms with van der Waals surface area (Å²) in [6.07, 6.45) is 1.40. The van der Waals surface area contributed by atoms with E-state index in [1.165, 1.54) is 10.9 Å². The molecule has 0 aromatic carbocycles. The number of aromatic carboxylic acids is 1. The Hall–Kier alpha value is -1.47. The van der Waals surface area contributed by atoms with Crippen molar-refractivity contribution in [3.05, 3.63) is 11.9 Å². The molecule has 0 radical (unpaired) electrons. The Kier molecular flexibility index (Phi) is 3.55. The molecule has 0 saturated carbocycles. The first-order chi connectivity index (χ1) is 6.59. The zero-order valence-corrected chi connectivity index (χ0v) is 8.14. The minimum absolute atomic E-state index is 0.0325. The number of hydrogen-bond donors (Lipinski definition) is 2. The van der Waals surface area contributed by atoms with Gasteiger partial charge in [0.15, 0.2) is 5.69 Å². The fraction of sp³-hybridized carbons (Fsp3) is 0.571. The normalized spacial score (nSPS) is 10.8. The van der Waals surface area contributed by atoms with E-state index >= 15 is 0 Å². The first-order valence-electron chi connectivity index (χ1n) is 4.14. The predicted octanol–water partition coefficient (Wildman–Crippen LogP) is -0.957. The molecule has 0 amide bonds. The summed E-state index contributed by atoms with van der Waals surface area (Å²) in [5.74, 6) is -1.06. The maximum absolute atomic E-state index is 10.5. The van der Waals surface area contributed by atoms with Gasteiger partial charge in [0.1, 0.15) is 0 Å². The van der Waals surface area contributed by atoms with E-state index in [0.717, 1.165) is 0 Å². The molecule has 0 saturated heterocycles. The van der Waals surface area contributed by atoms with Crippen LogP contribution < -0.4 is 5.43 Å². The second kappa shape index (κ2) is 4.68. The van der Waals surface area contributed by atoms with Crippen LogP contribution in [0, 0.1) is 0 Å². The Morgan fingerprint density at radius 3 is 2.93 bits per heavy atom. The number of hydrazine groups is 1. The Morgan fingerprint density at radius 1 is 1.71 bits per heavy atom. The highest BCUT2D eigenvalue weighted by Crippen LogP contribution is 1.91. The number of carboxylic acids is 1. The summed E-state index contributed by atoms with van der Waals surface area (Å²) in [4.78, 5) is 10.5. The average Bonchev–Trinajstić information content (AvgIpc) is 2.52. The largest absolute Gasteiger partial charge is 0.476 e. The number of carboxylic acid groups (broad SMARTS) is 1. The van der Waals surface area contributed by atoms with Gasteiger partial charge in [-0.1, -0.05) is 5.21 Å². The van der Waals surface area contributed by atoms with Gasteiger partial charge in [-0.15, -0.1) is 5.10 Å². The maximum atomic E-state index is 10.5. The monoisotopic (exact) mass is 199 g/mol. The summed E-state index contributed by atoms with van der Waals surface area (Å²) >= 11 is 0. The van der Waals surface area contributed by atoms with Crippen molar-refractivity contribution < 1.29 is 9.90 Å². The van der Waals surface area contributed by atoms with Crippen LogP contribution in [-0.2, 0) is 6.54 Å². The fourth-order valence-corrected chi connectivity index (χ4v) is 0.894. The third-order valence-corrected chi connectivity index (χ3v) is 1.53. The summed E-state index contributed by atoms with van der Waals surface area (Å²) < 4.78 is 1.49. The van der Waals surface area contributed by atoms with Crippen molar-refractivity contribution in [2.45, 2.75) is 6.54 Å². The maximum Gasteiger partial charge on any atom is 0.358 e. The van der Waals surface area contributed by atoms with E-state index in [9.17, 15) is 4.79 Å². The fourth-order valence-electron chi connectivity index (χ4n) is 0.894. The summed E-state index contributed by atoms with van der Waals surface area (Å²) in [6, 6.07) is 0. The van der Waals surface area contributed by atoms with Crippen molar-refractivity contribution in [2.75, 3.05) is 20.6 Å². The van der Waals surface area contributed by atoms with Gasteiger partial charge in [-0.05, 0) is 0 Å². The number of hydrogen-bond acceptors (Lipinski definition) is 5. The molecule has 14 heavy (non-hydrogen) atoms. The Bertz CT molecular complexity index is 309. The zero-order valence-electron chi connectivity index (χ0n) is 8.14. The van der Waals surface area contributed by atoms with Gasteiger partial charge in [0.05, 0.1) is 12.7 Å². The van der Waals surface area contributed by atoms with E-state index in [1.807, 2.05) is 19.1 Å². The lowest BCUT2D eigenvalue weighted by Crippen LogP contribution is -2.33. The molecule has 2 N–H and O–H groups in total. The quantitative estimate of drug-likeness (QED) is 0.594. The Morgan fingerprint density at radius 2 is 2.43 bits per heavy atom. The Balaban J connectivity index is 2.40. The topological polar surface area (TPSA) is 83.3 Å². The van der Waals surface area contributed by atoms with Gasteiger partial charge >= 0.3 is 5.97 Å². The van der Waals surface area contributed by atoms with Crippen molar-refractivity contribution >= 4 is 5.97 Å². The molecule has 7 heteroatoms. The van der Waals surface area contributed by atoms with E-state index in [2.05, 4.69) is 15.7 Å². The van der Waals surface area contributed by atoms with Gasteiger partial charge in [0, 0.05) is 20.6 Å². The van der Waals surface area contributed by atoms with E-state index in [-0.39, 0.29) is 5.69 Å². The average molecular weight is 199 g/mol. The molecular formula is C7H13N5O2. The van der Waals surface area contributed by atoms with Crippen molar-refractivity contribution in [2.24, 2.45) is 0 Å². The Labute approximate surface area is 81.3 Å². The minimum atomic E-state index is -1.06. The molecule has 0 fully saturated rings. The highest BCUT2D eigenvalue weighted by atomic mass is 16.4.